The van der Waals surface area contributed by atoms with Crippen LogP contribution in [0.4, 0.5) is 8.78 Å². The summed E-state index contributed by atoms with van der Waals surface area (Å²) in [6.07, 6.45) is -0.888. The van der Waals surface area contributed by atoms with Gasteiger partial charge in [0.1, 0.15) is 11.6 Å². The Morgan fingerprint density at radius 3 is 2.57 bits per heavy atom. The molecule has 2 atom stereocenters. The number of amides is 1. The smallest absolute Gasteiger partial charge is 0.328 e. The molecule has 0 saturated heterocycles. The lowest BCUT2D eigenvalue weighted by Gasteiger charge is -2.16. The van der Waals surface area contributed by atoms with Gasteiger partial charge in [-0.15, -0.1) is 0 Å². The molecule has 1 rings (SSSR count). The van der Waals surface area contributed by atoms with Gasteiger partial charge in [0.25, 0.3) is 0 Å². The van der Waals surface area contributed by atoms with E-state index in [9.17, 15) is 23.5 Å². The number of hydrogen-bond donors (Lipinski definition) is 3. The summed E-state index contributed by atoms with van der Waals surface area (Å²) in [5, 5.41) is 20.2. The standard InChI is InChI=1S/C14H17F2NO4/c1-8(18)13(14(20)21)17-12(19)4-2-3-9-7-10(15)5-6-11(9)16/h5-8,13,18H,2-4H2,1H3,(H,17,19)(H,20,21). The third kappa shape index (κ3) is 5.47. The minimum atomic E-state index is -1.39. The highest BCUT2D eigenvalue weighted by Crippen LogP contribution is 2.12. The van der Waals surface area contributed by atoms with Crippen LogP contribution in [0.5, 0.6) is 0 Å². The van der Waals surface area contributed by atoms with E-state index in [0.717, 1.165) is 18.2 Å². The highest BCUT2D eigenvalue weighted by atomic mass is 19.1. The van der Waals surface area contributed by atoms with E-state index in [1.165, 1.54) is 6.92 Å². The van der Waals surface area contributed by atoms with Crippen molar-refractivity contribution in [3.05, 3.63) is 35.4 Å². The third-order valence-electron chi connectivity index (χ3n) is 2.92. The van der Waals surface area contributed by atoms with Crippen LogP contribution in [0.1, 0.15) is 25.3 Å². The number of nitrogens with one attached hydrogen (secondary N) is 1. The van der Waals surface area contributed by atoms with Crippen LogP contribution in [0.25, 0.3) is 0 Å². The molecule has 0 aliphatic heterocycles. The van der Waals surface area contributed by atoms with Gasteiger partial charge >= 0.3 is 5.97 Å². The van der Waals surface area contributed by atoms with Crippen molar-refractivity contribution in [1.82, 2.24) is 5.32 Å². The summed E-state index contributed by atoms with van der Waals surface area (Å²) in [6, 6.07) is 1.69. The molecule has 0 fully saturated rings. The molecule has 0 heterocycles. The van der Waals surface area contributed by atoms with Gasteiger partial charge in [-0.3, -0.25) is 4.79 Å². The molecule has 0 bridgehead atoms. The van der Waals surface area contributed by atoms with Crippen LogP contribution < -0.4 is 5.32 Å². The zero-order chi connectivity index (χ0) is 16.0. The van der Waals surface area contributed by atoms with Gasteiger partial charge in [-0.1, -0.05) is 0 Å². The lowest BCUT2D eigenvalue weighted by atomic mass is 10.1. The Kier molecular flexibility index (Phi) is 6.23. The summed E-state index contributed by atoms with van der Waals surface area (Å²) in [5.41, 5.74) is 0.160. The number of rotatable bonds is 7. The van der Waals surface area contributed by atoms with Gasteiger partial charge in [-0.05, 0) is 43.5 Å². The van der Waals surface area contributed by atoms with Gasteiger partial charge < -0.3 is 15.5 Å². The van der Waals surface area contributed by atoms with Crippen molar-refractivity contribution in [2.75, 3.05) is 0 Å². The molecular formula is C14H17F2NO4. The molecule has 2 unspecified atom stereocenters. The summed E-state index contributed by atoms with van der Waals surface area (Å²) in [4.78, 5) is 22.3. The molecule has 1 aromatic carbocycles. The molecule has 0 aliphatic carbocycles. The van der Waals surface area contributed by atoms with E-state index >= 15 is 0 Å². The number of hydrogen-bond acceptors (Lipinski definition) is 3. The number of carbonyl (C=O) groups is 2. The molecule has 0 aromatic heterocycles. The largest absolute Gasteiger partial charge is 0.480 e. The Morgan fingerprint density at radius 1 is 1.33 bits per heavy atom. The van der Waals surface area contributed by atoms with Crippen LogP contribution >= 0.6 is 0 Å². The molecule has 0 spiro atoms. The first-order chi connectivity index (χ1) is 9.81. The second-order valence-corrected chi connectivity index (χ2v) is 4.71. The Balaban J connectivity index is 2.46. The monoisotopic (exact) mass is 301 g/mol. The van der Waals surface area contributed by atoms with E-state index in [-0.39, 0.29) is 24.8 Å². The fourth-order valence-electron chi connectivity index (χ4n) is 1.81. The van der Waals surface area contributed by atoms with Crippen LogP contribution in [-0.4, -0.2) is 34.2 Å². The van der Waals surface area contributed by atoms with Gasteiger partial charge in [0, 0.05) is 6.42 Å². The quantitative estimate of drug-likeness (QED) is 0.707. The Morgan fingerprint density at radius 2 is 2.00 bits per heavy atom. The highest BCUT2D eigenvalue weighted by Gasteiger charge is 2.24. The molecule has 0 saturated carbocycles. The van der Waals surface area contributed by atoms with E-state index in [4.69, 9.17) is 5.11 Å². The van der Waals surface area contributed by atoms with Crippen molar-refractivity contribution in [3.8, 4) is 0 Å². The first-order valence-electron chi connectivity index (χ1n) is 6.45. The number of carbonyl (C=O) groups excluding carboxylic acids is 1. The number of benzene rings is 1. The number of halogens is 2. The second kappa shape index (κ2) is 7.68. The van der Waals surface area contributed by atoms with Gasteiger partial charge in [0.15, 0.2) is 6.04 Å². The van der Waals surface area contributed by atoms with Gasteiger partial charge in [0.05, 0.1) is 6.10 Å². The molecule has 21 heavy (non-hydrogen) atoms. The number of aliphatic carboxylic acids is 1. The SMILES string of the molecule is CC(O)C(NC(=O)CCCc1cc(F)ccc1F)C(=O)O. The summed E-state index contributed by atoms with van der Waals surface area (Å²) in [7, 11) is 0. The zero-order valence-electron chi connectivity index (χ0n) is 11.5. The maximum absolute atomic E-state index is 13.3. The number of carboxylic acids is 1. The van der Waals surface area contributed by atoms with Crippen molar-refractivity contribution >= 4 is 11.9 Å². The van der Waals surface area contributed by atoms with E-state index in [1.54, 1.807) is 0 Å². The normalized spacial score (nSPS) is 13.5. The molecule has 0 radical (unpaired) electrons. The zero-order valence-corrected chi connectivity index (χ0v) is 11.5. The van der Waals surface area contributed by atoms with Crippen molar-refractivity contribution in [1.29, 1.82) is 0 Å². The van der Waals surface area contributed by atoms with Crippen molar-refractivity contribution in [2.24, 2.45) is 0 Å². The number of aliphatic hydroxyl groups excluding tert-OH is 1. The van der Waals surface area contributed by atoms with E-state index in [1.807, 2.05) is 0 Å². The summed E-state index contributed by atoms with van der Waals surface area (Å²) < 4.78 is 26.3. The molecule has 116 valence electrons. The van der Waals surface area contributed by atoms with Crippen molar-refractivity contribution in [3.63, 3.8) is 0 Å². The first-order valence-corrected chi connectivity index (χ1v) is 6.45. The third-order valence-corrected chi connectivity index (χ3v) is 2.92. The lowest BCUT2D eigenvalue weighted by molar-refractivity contribution is -0.144. The summed E-state index contributed by atoms with van der Waals surface area (Å²) in [6.45, 7) is 1.25. The molecule has 0 aliphatic rings. The predicted octanol–water partition coefficient (Wildman–Crippen LogP) is 1.24. The molecule has 3 N–H and O–H groups in total. The predicted molar refractivity (Wildman–Crippen MR) is 70.5 cm³/mol. The van der Waals surface area contributed by atoms with Crippen LogP contribution in [0, 0.1) is 11.6 Å². The van der Waals surface area contributed by atoms with E-state index in [2.05, 4.69) is 5.32 Å². The second-order valence-electron chi connectivity index (χ2n) is 4.71. The summed E-state index contributed by atoms with van der Waals surface area (Å²) in [5.74, 6) is -3.02. The van der Waals surface area contributed by atoms with E-state index in [0.29, 0.717) is 0 Å². The van der Waals surface area contributed by atoms with Gasteiger partial charge in [-0.2, -0.15) is 0 Å². The van der Waals surface area contributed by atoms with Gasteiger partial charge in [-0.25, -0.2) is 13.6 Å². The molecule has 5 nitrogen and oxygen atoms in total. The van der Waals surface area contributed by atoms with E-state index < -0.39 is 35.7 Å². The Labute approximate surface area is 120 Å². The average Bonchev–Trinajstić information content (AvgIpc) is 2.39. The molecule has 1 amide bonds. The molecule has 1 aromatic rings. The van der Waals surface area contributed by atoms with Crippen LogP contribution in [-0.2, 0) is 16.0 Å². The lowest BCUT2D eigenvalue weighted by Crippen LogP contribution is -2.47. The minimum Gasteiger partial charge on any atom is -0.480 e. The number of aryl methyl sites for hydroxylation is 1. The highest BCUT2D eigenvalue weighted by molar-refractivity contribution is 5.83. The van der Waals surface area contributed by atoms with Crippen LogP contribution in [0.15, 0.2) is 18.2 Å². The molecule has 7 heteroatoms. The van der Waals surface area contributed by atoms with Crippen LogP contribution in [0.3, 0.4) is 0 Å². The minimum absolute atomic E-state index is 0.0492. The maximum Gasteiger partial charge on any atom is 0.328 e. The average molecular weight is 301 g/mol. The van der Waals surface area contributed by atoms with Crippen molar-refractivity contribution < 1.29 is 28.6 Å². The van der Waals surface area contributed by atoms with Crippen molar-refractivity contribution in [2.45, 2.75) is 38.3 Å². The fraction of sp³-hybridized carbons (Fsp3) is 0.429. The Hall–Kier alpha value is -2.02. The number of aliphatic hydroxyl groups is 1. The van der Waals surface area contributed by atoms with Gasteiger partial charge in [0.2, 0.25) is 5.91 Å². The first kappa shape index (κ1) is 17.0. The number of carboxylic acid groups (broad SMARTS) is 1. The van der Waals surface area contributed by atoms with Crippen LogP contribution in [0.2, 0.25) is 0 Å². The topological polar surface area (TPSA) is 86.6 Å². The Bertz CT molecular complexity index is 520. The molecular weight excluding hydrogens is 284 g/mol. The maximum atomic E-state index is 13.3. The fourth-order valence-corrected chi connectivity index (χ4v) is 1.81. The summed E-state index contributed by atoms with van der Waals surface area (Å²) >= 11 is 0.